The van der Waals surface area contributed by atoms with Crippen LogP contribution in [0.2, 0.25) is 0 Å². The minimum atomic E-state index is -1.20. The molecule has 8 heteroatoms. The van der Waals surface area contributed by atoms with Gasteiger partial charge >= 0.3 is 12.0 Å². The number of para-hydroxylation sites is 1. The molecule has 0 saturated heterocycles. The van der Waals surface area contributed by atoms with Crippen LogP contribution in [0.1, 0.15) is 43.9 Å². The highest BCUT2D eigenvalue weighted by Crippen LogP contribution is 2.52. The molecule has 1 heterocycles. The Morgan fingerprint density at radius 1 is 1.11 bits per heavy atom. The summed E-state index contributed by atoms with van der Waals surface area (Å²) < 4.78 is 11.4. The van der Waals surface area contributed by atoms with Crippen molar-refractivity contribution >= 4 is 22.9 Å². The summed E-state index contributed by atoms with van der Waals surface area (Å²) in [6.07, 6.45) is 0.943. The number of aliphatic hydroxyl groups is 1. The molecule has 35 heavy (non-hydrogen) atoms. The smallest absolute Gasteiger partial charge is 0.332 e. The van der Waals surface area contributed by atoms with E-state index >= 15 is 0 Å². The number of rotatable bonds is 10. The highest BCUT2D eigenvalue weighted by atomic mass is 16.5. The maximum atomic E-state index is 12.9. The quantitative estimate of drug-likeness (QED) is 0.385. The first-order valence-corrected chi connectivity index (χ1v) is 11.9. The molecule has 184 valence electrons. The van der Waals surface area contributed by atoms with E-state index in [0.717, 1.165) is 10.9 Å². The molecule has 8 nitrogen and oxygen atoms in total. The van der Waals surface area contributed by atoms with Gasteiger partial charge in [0.2, 0.25) is 0 Å². The third kappa shape index (κ3) is 5.38. The van der Waals surface area contributed by atoms with E-state index in [1.54, 1.807) is 6.92 Å². The van der Waals surface area contributed by atoms with Gasteiger partial charge in [0.25, 0.3) is 0 Å². The first kappa shape index (κ1) is 24.5. The Kier molecular flexibility index (Phi) is 7.51. The van der Waals surface area contributed by atoms with Gasteiger partial charge in [-0.15, -0.1) is 0 Å². The summed E-state index contributed by atoms with van der Waals surface area (Å²) in [6, 6.07) is 18.5. The van der Waals surface area contributed by atoms with E-state index in [9.17, 15) is 14.7 Å². The van der Waals surface area contributed by atoms with Crippen LogP contribution < -0.4 is 15.4 Å². The number of pyridine rings is 1. The number of esters is 1. The predicted molar refractivity (Wildman–Crippen MR) is 132 cm³/mol. The molecule has 3 unspecified atom stereocenters. The van der Waals surface area contributed by atoms with Gasteiger partial charge in [0.05, 0.1) is 19.3 Å². The third-order valence-electron chi connectivity index (χ3n) is 6.28. The monoisotopic (exact) mass is 477 g/mol. The lowest BCUT2D eigenvalue weighted by atomic mass is 10.1. The van der Waals surface area contributed by atoms with E-state index in [1.807, 2.05) is 67.6 Å². The Labute approximate surface area is 204 Å². The van der Waals surface area contributed by atoms with E-state index in [-0.39, 0.29) is 19.1 Å². The highest BCUT2D eigenvalue weighted by Gasteiger charge is 2.64. The van der Waals surface area contributed by atoms with Crippen LogP contribution in [-0.4, -0.2) is 46.9 Å². The second kappa shape index (κ2) is 10.7. The summed E-state index contributed by atoms with van der Waals surface area (Å²) in [6.45, 7) is 4.02. The van der Waals surface area contributed by atoms with Gasteiger partial charge < -0.3 is 25.2 Å². The van der Waals surface area contributed by atoms with E-state index in [1.165, 1.54) is 0 Å². The van der Waals surface area contributed by atoms with Crippen molar-refractivity contribution in [1.29, 1.82) is 0 Å². The van der Waals surface area contributed by atoms with Crippen molar-refractivity contribution in [3.05, 3.63) is 71.9 Å². The predicted octanol–water partition coefficient (Wildman–Crippen LogP) is 3.67. The van der Waals surface area contributed by atoms with Crippen LogP contribution in [-0.2, 0) is 16.1 Å². The van der Waals surface area contributed by atoms with Crippen LogP contribution in [0.25, 0.3) is 10.9 Å². The van der Waals surface area contributed by atoms with Gasteiger partial charge in [-0.05, 0) is 37.5 Å². The molecule has 1 aromatic heterocycles. The summed E-state index contributed by atoms with van der Waals surface area (Å²) in [5.41, 5.74) is 1.22. The normalized spacial score (nSPS) is 19.6. The molecule has 2 aromatic carbocycles. The van der Waals surface area contributed by atoms with Crippen LogP contribution in [0.15, 0.2) is 60.7 Å². The fourth-order valence-electron chi connectivity index (χ4n) is 4.18. The number of nitrogens with zero attached hydrogens (tertiary/aromatic N) is 1. The molecule has 1 aliphatic rings. The Hall–Kier alpha value is -3.65. The van der Waals surface area contributed by atoms with E-state index in [4.69, 9.17) is 14.5 Å². The maximum absolute atomic E-state index is 12.9. The van der Waals surface area contributed by atoms with Crippen molar-refractivity contribution in [3.63, 3.8) is 0 Å². The minimum absolute atomic E-state index is 0.183. The van der Waals surface area contributed by atoms with Gasteiger partial charge in [0, 0.05) is 17.0 Å². The van der Waals surface area contributed by atoms with Crippen LogP contribution >= 0.6 is 0 Å². The molecule has 1 aliphatic carbocycles. The second-order valence-electron chi connectivity index (χ2n) is 8.67. The van der Waals surface area contributed by atoms with Crippen LogP contribution in [0, 0.1) is 0 Å². The molecule has 0 spiro atoms. The zero-order valence-corrected chi connectivity index (χ0v) is 20.0. The number of aliphatic hydroxyl groups excluding tert-OH is 1. The zero-order chi connectivity index (χ0) is 24.8. The fourth-order valence-corrected chi connectivity index (χ4v) is 4.18. The molecular formula is C27H31N3O5. The molecule has 3 N–H and O–H groups in total. The van der Waals surface area contributed by atoms with Crippen molar-refractivity contribution in [2.75, 3.05) is 13.2 Å². The average Bonchev–Trinajstić information content (AvgIpc) is 3.61. The molecular weight excluding hydrogens is 446 g/mol. The number of carbonyl (C=O) groups excluding carboxylic acids is 2. The van der Waals surface area contributed by atoms with Gasteiger partial charge in [0.1, 0.15) is 23.4 Å². The summed E-state index contributed by atoms with van der Waals surface area (Å²) in [7, 11) is 0. The summed E-state index contributed by atoms with van der Waals surface area (Å²) in [4.78, 5) is 30.4. The number of hydrogen-bond donors (Lipinski definition) is 3. The molecule has 0 radical (unpaired) electrons. The Bertz CT molecular complexity index is 1180. The fraction of sp³-hybridized carbons (Fsp3) is 0.370. The Balaban J connectivity index is 1.58. The Morgan fingerprint density at radius 3 is 2.63 bits per heavy atom. The van der Waals surface area contributed by atoms with Crippen molar-refractivity contribution in [2.24, 2.45) is 0 Å². The lowest BCUT2D eigenvalue weighted by Crippen LogP contribution is -2.52. The molecule has 1 fully saturated rings. The van der Waals surface area contributed by atoms with Crippen LogP contribution in [0.5, 0.6) is 5.75 Å². The van der Waals surface area contributed by atoms with Crippen molar-refractivity contribution in [3.8, 4) is 5.75 Å². The highest BCUT2D eigenvalue weighted by molar-refractivity contribution is 5.93. The topological polar surface area (TPSA) is 110 Å². The molecule has 1 saturated carbocycles. The first-order valence-electron chi connectivity index (χ1n) is 11.9. The van der Waals surface area contributed by atoms with Gasteiger partial charge in [0.15, 0.2) is 0 Å². The van der Waals surface area contributed by atoms with Gasteiger partial charge in [-0.3, -0.25) is 0 Å². The number of fused-ring (bicyclic) bond motifs is 1. The molecule has 3 aromatic rings. The molecule has 4 rings (SSSR count). The van der Waals surface area contributed by atoms with Crippen molar-refractivity contribution in [2.45, 2.75) is 50.8 Å². The zero-order valence-electron chi connectivity index (χ0n) is 20.0. The summed E-state index contributed by atoms with van der Waals surface area (Å²) in [5, 5.41) is 15.8. The minimum Gasteiger partial charge on any atom is -0.487 e. The van der Waals surface area contributed by atoms with Crippen LogP contribution in [0.3, 0.4) is 0 Å². The molecule has 2 amide bonds. The number of benzene rings is 2. The molecule has 0 aliphatic heterocycles. The number of amides is 2. The van der Waals surface area contributed by atoms with E-state index in [2.05, 4.69) is 10.6 Å². The van der Waals surface area contributed by atoms with Gasteiger partial charge in [-0.2, -0.15) is 0 Å². The number of hydrogen-bond acceptors (Lipinski definition) is 6. The number of ether oxygens (including phenoxy) is 2. The standard InChI is InChI=1S/C27H31N3O5/c1-3-20(16-31)28-26(33)30-27(25(32)34-4-2)15-21(27)22-14-13-19-11-8-12-23(24(19)29-22)35-17-18-9-6-5-7-10-18/h5-14,20-21,31H,3-4,15-17H2,1-2H3,(H2,28,30,33). The van der Waals surface area contributed by atoms with Crippen molar-refractivity contribution < 1.29 is 24.2 Å². The SMILES string of the molecule is CCOC(=O)C1(NC(=O)NC(CC)CO)CC1c1ccc2cccc(OCc3ccccc3)c2n1. The second-order valence-corrected chi connectivity index (χ2v) is 8.67. The molecule has 3 atom stereocenters. The number of urea groups is 1. The van der Waals surface area contributed by atoms with Crippen LogP contribution in [0.4, 0.5) is 4.79 Å². The third-order valence-corrected chi connectivity index (χ3v) is 6.28. The number of aromatic nitrogens is 1. The maximum Gasteiger partial charge on any atom is 0.332 e. The lowest BCUT2D eigenvalue weighted by Gasteiger charge is -2.21. The number of carbonyl (C=O) groups is 2. The van der Waals surface area contributed by atoms with Gasteiger partial charge in [-0.25, -0.2) is 14.6 Å². The first-order chi connectivity index (χ1) is 17.0. The summed E-state index contributed by atoms with van der Waals surface area (Å²) >= 11 is 0. The summed E-state index contributed by atoms with van der Waals surface area (Å²) in [5.74, 6) is -0.184. The largest absolute Gasteiger partial charge is 0.487 e. The number of nitrogens with one attached hydrogen (secondary N) is 2. The Morgan fingerprint density at radius 2 is 1.91 bits per heavy atom. The van der Waals surface area contributed by atoms with E-state index < -0.39 is 23.6 Å². The average molecular weight is 478 g/mol. The molecule has 0 bridgehead atoms. The van der Waals surface area contributed by atoms with Crippen molar-refractivity contribution in [1.82, 2.24) is 15.6 Å². The van der Waals surface area contributed by atoms with Gasteiger partial charge in [-0.1, -0.05) is 55.5 Å². The van der Waals surface area contributed by atoms with E-state index in [0.29, 0.717) is 36.4 Å². The lowest BCUT2D eigenvalue weighted by molar-refractivity contribution is -0.146.